The highest BCUT2D eigenvalue weighted by molar-refractivity contribution is 6.05. The maximum Gasteiger partial charge on any atom is 0.258 e. The van der Waals surface area contributed by atoms with Gasteiger partial charge in [-0.05, 0) is 37.1 Å². The number of nitrogens with zero attached hydrogens (tertiary/aromatic N) is 3. The molecule has 0 aliphatic carbocycles. The van der Waals surface area contributed by atoms with Crippen molar-refractivity contribution in [1.82, 2.24) is 15.5 Å². The van der Waals surface area contributed by atoms with Crippen molar-refractivity contribution in [1.29, 1.82) is 5.26 Å². The molecule has 29 heavy (non-hydrogen) atoms. The highest BCUT2D eigenvalue weighted by atomic mass is 16.5. The Morgan fingerprint density at radius 2 is 1.83 bits per heavy atom. The molecule has 4 rings (SSSR count). The molecule has 142 valence electrons. The summed E-state index contributed by atoms with van der Waals surface area (Å²) in [5.41, 5.74) is 5.09. The highest BCUT2D eigenvalue weighted by Gasteiger charge is 2.23. The van der Waals surface area contributed by atoms with Crippen molar-refractivity contribution < 1.29 is 9.32 Å². The van der Waals surface area contributed by atoms with Crippen molar-refractivity contribution in [3.8, 4) is 17.3 Å². The maximum absolute atomic E-state index is 13.2. The van der Waals surface area contributed by atoms with Crippen LogP contribution in [0.2, 0.25) is 0 Å². The van der Waals surface area contributed by atoms with Gasteiger partial charge in [0, 0.05) is 12.1 Å². The third-order valence-electron chi connectivity index (χ3n) is 4.86. The minimum Gasteiger partial charge on any atom is -0.348 e. The van der Waals surface area contributed by atoms with Crippen LogP contribution in [0.3, 0.4) is 0 Å². The lowest BCUT2D eigenvalue weighted by molar-refractivity contribution is 0.0951. The quantitative estimate of drug-likeness (QED) is 0.568. The number of carbonyl (C=O) groups excluding carboxylic acids is 1. The van der Waals surface area contributed by atoms with E-state index in [0.717, 1.165) is 22.1 Å². The molecule has 0 atom stereocenters. The first kappa shape index (κ1) is 18.4. The van der Waals surface area contributed by atoms with Gasteiger partial charge in [0.2, 0.25) is 0 Å². The maximum atomic E-state index is 13.2. The van der Waals surface area contributed by atoms with Gasteiger partial charge in [-0.15, -0.1) is 0 Å². The highest BCUT2D eigenvalue weighted by Crippen LogP contribution is 2.31. The summed E-state index contributed by atoms with van der Waals surface area (Å²) in [6.07, 6.45) is 0. The molecule has 2 aromatic carbocycles. The summed E-state index contributed by atoms with van der Waals surface area (Å²) in [6.45, 7) is 4.11. The van der Waals surface area contributed by atoms with Gasteiger partial charge in [0.05, 0.1) is 34.0 Å². The number of nitrogens with one attached hydrogen (secondary N) is 1. The van der Waals surface area contributed by atoms with Crippen molar-refractivity contribution in [3.05, 3.63) is 82.5 Å². The first-order valence-corrected chi connectivity index (χ1v) is 9.17. The molecule has 0 unspecified atom stereocenters. The molecule has 0 bridgehead atoms. The largest absolute Gasteiger partial charge is 0.348 e. The van der Waals surface area contributed by atoms with Crippen LogP contribution in [0.4, 0.5) is 0 Å². The van der Waals surface area contributed by atoms with E-state index in [2.05, 4.69) is 21.5 Å². The predicted octanol–water partition coefficient (Wildman–Crippen LogP) is 4.31. The number of rotatable bonds is 4. The van der Waals surface area contributed by atoms with Crippen LogP contribution in [0.1, 0.15) is 32.7 Å². The Labute approximate surface area is 167 Å². The molecule has 2 aromatic heterocycles. The van der Waals surface area contributed by atoms with E-state index in [4.69, 9.17) is 9.78 Å². The molecule has 0 saturated heterocycles. The van der Waals surface area contributed by atoms with Gasteiger partial charge in [-0.25, -0.2) is 4.98 Å². The van der Waals surface area contributed by atoms with Crippen molar-refractivity contribution >= 4 is 17.0 Å². The molecule has 0 saturated carbocycles. The predicted molar refractivity (Wildman–Crippen MR) is 109 cm³/mol. The van der Waals surface area contributed by atoms with Gasteiger partial charge in [0.15, 0.2) is 0 Å². The number of pyridine rings is 1. The van der Waals surface area contributed by atoms with Crippen molar-refractivity contribution in [2.75, 3.05) is 0 Å². The van der Waals surface area contributed by atoms with Crippen LogP contribution in [0.15, 0.2) is 59.1 Å². The average Bonchev–Trinajstić information content (AvgIpc) is 3.13. The normalized spacial score (nSPS) is 10.7. The number of aromatic nitrogens is 2. The first-order chi connectivity index (χ1) is 14.1. The summed E-state index contributed by atoms with van der Waals surface area (Å²) in [5, 5.41) is 16.8. The van der Waals surface area contributed by atoms with Crippen LogP contribution < -0.4 is 5.32 Å². The van der Waals surface area contributed by atoms with Crippen LogP contribution in [-0.2, 0) is 6.54 Å². The number of hydrogen-bond acceptors (Lipinski definition) is 5. The third kappa shape index (κ3) is 3.46. The van der Waals surface area contributed by atoms with Gasteiger partial charge >= 0.3 is 0 Å². The molecule has 6 heteroatoms. The second-order valence-corrected chi connectivity index (χ2v) is 6.77. The zero-order chi connectivity index (χ0) is 20.4. The van der Waals surface area contributed by atoms with E-state index in [0.29, 0.717) is 34.8 Å². The number of fused-ring (bicyclic) bond motifs is 1. The number of aryl methyl sites for hydroxylation is 2. The fraction of sp³-hybridized carbons (Fsp3) is 0.130. The van der Waals surface area contributed by atoms with E-state index < -0.39 is 0 Å². The standard InChI is InChI=1S/C23H18N4O2/c1-14-19-15(2)27-29-23(19)26-21(18-10-8-16(12-24)9-11-18)20(14)22(28)25-13-17-6-4-3-5-7-17/h3-11H,13H2,1-2H3,(H,25,28). The molecule has 6 nitrogen and oxygen atoms in total. The average molecular weight is 382 g/mol. The molecule has 0 fully saturated rings. The smallest absolute Gasteiger partial charge is 0.258 e. The molecule has 0 radical (unpaired) electrons. The van der Waals surface area contributed by atoms with Crippen molar-refractivity contribution in [2.45, 2.75) is 20.4 Å². The van der Waals surface area contributed by atoms with Crippen LogP contribution in [0.25, 0.3) is 22.4 Å². The molecule has 2 heterocycles. The lowest BCUT2D eigenvalue weighted by atomic mass is 9.97. The monoisotopic (exact) mass is 382 g/mol. The van der Waals surface area contributed by atoms with Crippen molar-refractivity contribution in [3.63, 3.8) is 0 Å². The zero-order valence-corrected chi connectivity index (χ0v) is 16.1. The van der Waals surface area contributed by atoms with E-state index in [1.807, 2.05) is 44.2 Å². The molecule has 0 spiro atoms. The minimum absolute atomic E-state index is 0.222. The van der Waals surface area contributed by atoms with Gasteiger partial charge in [-0.1, -0.05) is 47.6 Å². The summed E-state index contributed by atoms with van der Waals surface area (Å²) < 4.78 is 5.36. The summed E-state index contributed by atoms with van der Waals surface area (Å²) in [6, 6.07) is 18.8. The number of nitriles is 1. The van der Waals surface area contributed by atoms with Gasteiger partial charge in [-0.3, -0.25) is 4.79 Å². The van der Waals surface area contributed by atoms with E-state index >= 15 is 0 Å². The number of amides is 1. The van der Waals surface area contributed by atoms with Gasteiger partial charge in [-0.2, -0.15) is 5.26 Å². The van der Waals surface area contributed by atoms with E-state index in [1.54, 1.807) is 24.3 Å². The molecular formula is C23H18N4O2. The van der Waals surface area contributed by atoms with E-state index in [1.165, 1.54) is 0 Å². The Kier molecular flexibility index (Phi) is 4.80. The van der Waals surface area contributed by atoms with Gasteiger partial charge < -0.3 is 9.84 Å². The van der Waals surface area contributed by atoms with Crippen LogP contribution in [-0.4, -0.2) is 16.0 Å². The lowest BCUT2D eigenvalue weighted by Gasteiger charge is -2.13. The SMILES string of the molecule is Cc1noc2nc(-c3ccc(C#N)cc3)c(C(=O)NCc3ccccc3)c(C)c12. The summed E-state index contributed by atoms with van der Waals surface area (Å²) in [5.74, 6) is -0.222. The summed E-state index contributed by atoms with van der Waals surface area (Å²) in [4.78, 5) is 17.8. The Morgan fingerprint density at radius 1 is 1.10 bits per heavy atom. The Hall–Kier alpha value is -3.98. The molecule has 0 aliphatic heterocycles. The number of hydrogen-bond donors (Lipinski definition) is 1. The second-order valence-electron chi connectivity index (χ2n) is 6.77. The van der Waals surface area contributed by atoms with Crippen molar-refractivity contribution in [2.24, 2.45) is 0 Å². The number of benzene rings is 2. The first-order valence-electron chi connectivity index (χ1n) is 9.17. The molecule has 1 amide bonds. The minimum atomic E-state index is -0.222. The molecule has 4 aromatic rings. The Balaban J connectivity index is 1.81. The van der Waals surface area contributed by atoms with Crippen LogP contribution >= 0.6 is 0 Å². The third-order valence-corrected chi connectivity index (χ3v) is 4.86. The Morgan fingerprint density at radius 3 is 2.52 bits per heavy atom. The van der Waals surface area contributed by atoms with Gasteiger partial charge in [0.1, 0.15) is 0 Å². The molecule has 0 aliphatic rings. The lowest BCUT2D eigenvalue weighted by Crippen LogP contribution is -2.25. The molecular weight excluding hydrogens is 364 g/mol. The topological polar surface area (TPSA) is 91.8 Å². The molecule has 1 N–H and O–H groups in total. The van der Waals surface area contributed by atoms with Crippen LogP contribution in [0.5, 0.6) is 0 Å². The fourth-order valence-corrected chi connectivity index (χ4v) is 3.38. The van der Waals surface area contributed by atoms with E-state index in [-0.39, 0.29) is 5.91 Å². The summed E-state index contributed by atoms with van der Waals surface area (Å²) >= 11 is 0. The number of carbonyl (C=O) groups is 1. The second kappa shape index (κ2) is 7.56. The zero-order valence-electron chi connectivity index (χ0n) is 16.1. The van der Waals surface area contributed by atoms with Crippen LogP contribution in [0, 0.1) is 25.2 Å². The Bertz CT molecular complexity index is 1240. The van der Waals surface area contributed by atoms with E-state index in [9.17, 15) is 4.79 Å². The van der Waals surface area contributed by atoms with Gasteiger partial charge in [0.25, 0.3) is 11.6 Å². The fourth-order valence-electron chi connectivity index (χ4n) is 3.38. The summed E-state index contributed by atoms with van der Waals surface area (Å²) in [7, 11) is 0.